The van der Waals surface area contributed by atoms with Crippen LogP contribution in [0.25, 0.3) is 0 Å². The molecule has 1 nitrogen and oxygen atoms in total. The van der Waals surface area contributed by atoms with Crippen molar-refractivity contribution in [3.63, 3.8) is 0 Å². The normalized spacial score (nSPS) is 12.9. The van der Waals surface area contributed by atoms with Gasteiger partial charge in [-0.25, -0.2) is 0 Å². The summed E-state index contributed by atoms with van der Waals surface area (Å²) in [5.41, 5.74) is 0. The van der Waals surface area contributed by atoms with Crippen LogP contribution in [-0.4, -0.2) is 24.6 Å². The van der Waals surface area contributed by atoms with Gasteiger partial charge in [0.05, 0.1) is 0 Å². The molecule has 0 aliphatic carbocycles. The summed E-state index contributed by atoms with van der Waals surface area (Å²) < 4.78 is 0. The van der Waals surface area contributed by atoms with E-state index in [9.17, 15) is 0 Å². The van der Waals surface area contributed by atoms with Crippen molar-refractivity contribution in [1.29, 1.82) is 0 Å². The van der Waals surface area contributed by atoms with E-state index in [1.807, 2.05) is 23.1 Å². The van der Waals surface area contributed by atoms with Crippen molar-refractivity contribution in [3.05, 3.63) is 22.4 Å². The average molecular weight is 257 g/mol. The standard InChI is InChI=1S/C13H23NS2/c1-3-9-14-12(8-11-15-2)6-7-13-5-4-10-16-13/h4-5,10,12,14H,3,6-9,11H2,1-2H3. The van der Waals surface area contributed by atoms with E-state index in [0.717, 1.165) is 6.54 Å². The van der Waals surface area contributed by atoms with Crippen molar-refractivity contribution in [1.82, 2.24) is 5.32 Å². The lowest BCUT2D eigenvalue weighted by Gasteiger charge is -2.17. The van der Waals surface area contributed by atoms with Crippen LogP contribution in [0.2, 0.25) is 0 Å². The Kier molecular flexibility index (Phi) is 7.99. The minimum absolute atomic E-state index is 0.703. The second kappa shape index (κ2) is 9.08. The molecule has 16 heavy (non-hydrogen) atoms. The second-order valence-corrected chi connectivity index (χ2v) is 6.07. The van der Waals surface area contributed by atoms with Gasteiger partial charge in [0.15, 0.2) is 0 Å². The maximum absolute atomic E-state index is 3.66. The minimum Gasteiger partial charge on any atom is -0.314 e. The number of hydrogen-bond donors (Lipinski definition) is 1. The first-order valence-electron chi connectivity index (χ1n) is 6.11. The third-order valence-corrected chi connectivity index (χ3v) is 4.25. The van der Waals surface area contributed by atoms with Gasteiger partial charge in [-0.15, -0.1) is 11.3 Å². The Bertz CT molecular complexity index is 238. The fourth-order valence-corrected chi connectivity index (χ4v) is 2.97. The Morgan fingerprint density at radius 3 is 2.94 bits per heavy atom. The largest absolute Gasteiger partial charge is 0.314 e. The highest BCUT2D eigenvalue weighted by Gasteiger charge is 2.07. The zero-order valence-corrected chi connectivity index (χ0v) is 12.0. The molecular formula is C13H23NS2. The Hall–Kier alpha value is 0.01000. The third kappa shape index (κ3) is 5.92. The van der Waals surface area contributed by atoms with Crippen molar-refractivity contribution in [2.75, 3.05) is 18.6 Å². The molecule has 0 saturated carbocycles. The monoisotopic (exact) mass is 257 g/mol. The summed E-state index contributed by atoms with van der Waals surface area (Å²) in [6.45, 7) is 3.39. The Morgan fingerprint density at radius 2 is 2.31 bits per heavy atom. The minimum atomic E-state index is 0.703. The molecule has 1 aromatic rings. The van der Waals surface area contributed by atoms with Crippen LogP contribution in [0.5, 0.6) is 0 Å². The van der Waals surface area contributed by atoms with Crippen molar-refractivity contribution < 1.29 is 0 Å². The van der Waals surface area contributed by atoms with Gasteiger partial charge in [-0.2, -0.15) is 11.8 Å². The molecule has 1 aromatic heterocycles. The summed E-state index contributed by atoms with van der Waals surface area (Å²) >= 11 is 3.83. The first kappa shape index (κ1) is 14.1. The lowest BCUT2D eigenvalue weighted by atomic mass is 10.1. The molecule has 0 radical (unpaired) electrons. The van der Waals surface area contributed by atoms with E-state index >= 15 is 0 Å². The number of thiophene rings is 1. The van der Waals surface area contributed by atoms with E-state index in [1.54, 1.807) is 0 Å². The third-order valence-electron chi connectivity index (χ3n) is 2.67. The quantitative estimate of drug-likeness (QED) is 0.722. The van der Waals surface area contributed by atoms with E-state index in [-0.39, 0.29) is 0 Å². The number of thioether (sulfide) groups is 1. The van der Waals surface area contributed by atoms with Gasteiger partial charge in [-0.05, 0) is 55.7 Å². The van der Waals surface area contributed by atoms with Crippen LogP contribution >= 0.6 is 23.1 Å². The highest BCUT2D eigenvalue weighted by Crippen LogP contribution is 2.14. The summed E-state index contributed by atoms with van der Waals surface area (Å²) in [6, 6.07) is 5.10. The van der Waals surface area contributed by atoms with Gasteiger partial charge in [0, 0.05) is 10.9 Å². The summed E-state index contributed by atoms with van der Waals surface area (Å²) in [6.07, 6.45) is 7.23. The van der Waals surface area contributed by atoms with E-state index < -0.39 is 0 Å². The summed E-state index contributed by atoms with van der Waals surface area (Å²) in [4.78, 5) is 1.52. The average Bonchev–Trinajstić information content (AvgIpc) is 2.81. The van der Waals surface area contributed by atoms with Crippen molar-refractivity contribution in [2.24, 2.45) is 0 Å². The molecule has 0 aliphatic rings. The molecule has 0 aliphatic heterocycles. The summed E-state index contributed by atoms with van der Waals surface area (Å²) in [5, 5.41) is 5.83. The molecule has 92 valence electrons. The molecule has 0 bridgehead atoms. The maximum Gasteiger partial charge on any atom is 0.00783 e. The van der Waals surface area contributed by atoms with Crippen molar-refractivity contribution in [3.8, 4) is 0 Å². The van der Waals surface area contributed by atoms with E-state index in [4.69, 9.17) is 0 Å². The van der Waals surface area contributed by atoms with Crippen LogP contribution in [0.15, 0.2) is 17.5 Å². The van der Waals surface area contributed by atoms with Gasteiger partial charge >= 0.3 is 0 Å². The molecule has 1 atom stereocenters. The zero-order valence-electron chi connectivity index (χ0n) is 10.4. The molecule has 1 heterocycles. The topological polar surface area (TPSA) is 12.0 Å². The number of hydrogen-bond acceptors (Lipinski definition) is 3. The molecule has 0 aromatic carbocycles. The number of rotatable bonds is 9. The van der Waals surface area contributed by atoms with Crippen LogP contribution in [-0.2, 0) is 6.42 Å². The van der Waals surface area contributed by atoms with Gasteiger partial charge in [-0.1, -0.05) is 13.0 Å². The van der Waals surface area contributed by atoms with Crippen LogP contribution in [0.3, 0.4) is 0 Å². The Morgan fingerprint density at radius 1 is 1.44 bits per heavy atom. The predicted molar refractivity (Wildman–Crippen MR) is 77.7 cm³/mol. The molecule has 0 amide bonds. The zero-order chi connectivity index (χ0) is 11.6. The van der Waals surface area contributed by atoms with Gasteiger partial charge in [0.1, 0.15) is 0 Å². The van der Waals surface area contributed by atoms with Crippen molar-refractivity contribution in [2.45, 2.75) is 38.6 Å². The van der Waals surface area contributed by atoms with Crippen LogP contribution < -0.4 is 5.32 Å². The lowest BCUT2D eigenvalue weighted by molar-refractivity contribution is 0.472. The van der Waals surface area contributed by atoms with E-state index in [1.165, 1.54) is 36.3 Å². The Labute approximate surface area is 108 Å². The molecule has 1 N–H and O–H groups in total. The highest BCUT2D eigenvalue weighted by atomic mass is 32.2. The Balaban J connectivity index is 2.25. The first-order valence-corrected chi connectivity index (χ1v) is 8.38. The summed E-state index contributed by atoms with van der Waals surface area (Å²) in [5.74, 6) is 1.27. The smallest absolute Gasteiger partial charge is 0.00783 e. The lowest BCUT2D eigenvalue weighted by Crippen LogP contribution is -2.30. The molecule has 1 rings (SSSR count). The molecule has 0 fully saturated rings. The van der Waals surface area contributed by atoms with Gasteiger partial charge in [-0.3, -0.25) is 0 Å². The highest BCUT2D eigenvalue weighted by molar-refractivity contribution is 7.98. The molecule has 1 unspecified atom stereocenters. The fraction of sp³-hybridized carbons (Fsp3) is 0.692. The van der Waals surface area contributed by atoms with Gasteiger partial charge in [0.2, 0.25) is 0 Å². The fourth-order valence-electron chi connectivity index (χ4n) is 1.73. The van der Waals surface area contributed by atoms with Crippen LogP contribution in [0.4, 0.5) is 0 Å². The predicted octanol–water partition coefficient (Wildman–Crippen LogP) is 3.80. The molecule has 0 spiro atoms. The van der Waals surface area contributed by atoms with Crippen molar-refractivity contribution >= 4 is 23.1 Å². The first-order chi connectivity index (χ1) is 7.86. The number of nitrogens with one attached hydrogen (secondary N) is 1. The van der Waals surface area contributed by atoms with Crippen LogP contribution in [0.1, 0.15) is 31.1 Å². The SMILES string of the molecule is CCCNC(CCSC)CCc1cccs1. The van der Waals surface area contributed by atoms with E-state index in [0.29, 0.717) is 6.04 Å². The molecule has 3 heteroatoms. The van der Waals surface area contributed by atoms with Gasteiger partial charge in [0.25, 0.3) is 0 Å². The van der Waals surface area contributed by atoms with E-state index in [2.05, 4.69) is 36.0 Å². The molecular weight excluding hydrogens is 234 g/mol. The van der Waals surface area contributed by atoms with Crippen LogP contribution in [0, 0.1) is 0 Å². The second-order valence-electron chi connectivity index (χ2n) is 4.05. The number of aryl methyl sites for hydroxylation is 1. The maximum atomic E-state index is 3.66. The van der Waals surface area contributed by atoms with Gasteiger partial charge < -0.3 is 5.32 Å². The molecule has 0 saturated heterocycles. The summed E-state index contributed by atoms with van der Waals surface area (Å²) in [7, 11) is 0.